The summed E-state index contributed by atoms with van der Waals surface area (Å²) in [5, 5.41) is 0. The van der Waals surface area contributed by atoms with E-state index in [-0.39, 0.29) is 5.41 Å². The minimum absolute atomic E-state index is 0.0135. The van der Waals surface area contributed by atoms with E-state index in [2.05, 4.69) is 179 Å². The van der Waals surface area contributed by atoms with Gasteiger partial charge in [0.15, 0.2) is 11.5 Å². The lowest BCUT2D eigenvalue weighted by molar-refractivity contribution is 0.477. The van der Waals surface area contributed by atoms with E-state index in [1.807, 2.05) is 0 Å². The predicted molar refractivity (Wildman–Crippen MR) is 230 cm³/mol. The molecule has 0 bridgehead atoms. The van der Waals surface area contributed by atoms with Crippen molar-refractivity contribution in [3.8, 4) is 56.0 Å². The molecule has 1 heterocycles. The Morgan fingerprint density at radius 2 is 1.16 bits per heavy atom. The molecule has 7 aromatic carbocycles. The van der Waals surface area contributed by atoms with Gasteiger partial charge in [-0.15, -0.1) is 0 Å². The largest absolute Gasteiger partial charge is 0.453 e. The molecule has 55 heavy (non-hydrogen) atoms. The highest BCUT2D eigenvalue weighted by Gasteiger charge is 2.36. The first kappa shape index (κ1) is 33.7. The molecule has 2 aliphatic carbocycles. The van der Waals surface area contributed by atoms with Crippen molar-refractivity contribution in [2.24, 2.45) is 0 Å². The second kappa shape index (κ2) is 12.9. The standard InChI is InChI=1S/C53H47NO/c1-33-12-10-15-37(26-33)40-22-24-49-51(30-40)55-52-31-41(23-25-50(52)54(49)42-17-11-16-38(28-42)36-13-6-7-14-36)39-21-20-34(2)44(29-39)45-32-46-43-18-8-9-19-47(43)53(4,5)48(46)27-35(45)3/h8-12,15-32,36H,6-7,13-14H2,1-5H3. The molecule has 1 aliphatic heterocycles. The van der Waals surface area contributed by atoms with E-state index in [0.717, 1.165) is 34.0 Å². The Bertz CT molecular complexity index is 2660. The van der Waals surface area contributed by atoms with Gasteiger partial charge in [0.25, 0.3) is 0 Å². The first-order chi connectivity index (χ1) is 26.7. The molecule has 0 spiro atoms. The van der Waals surface area contributed by atoms with Crippen LogP contribution in [0.4, 0.5) is 17.1 Å². The zero-order chi connectivity index (χ0) is 37.4. The van der Waals surface area contributed by atoms with Gasteiger partial charge >= 0.3 is 0 Å². The van der Waals surface area contributed by atoms with Crippen LogP contribution in [0, 0.1) is 20.8 Å². The summed E-state index contributed by atoms with van der Waals surface area (Å²) in [4.78, 5) is 2.41. The van der Waals surface area contributed by atoms with Crippen molar-refractivity contribution in [2.75, 3.05) is 4.90 Å². The van der Waals surface area contributed by atoms with Crippen molar-refractivity contribution in [1.29, 1.82) is 0 Å². The van der Waals surface area contributed by atoms with Crippen LogP contribution < -0.4 is 9.64 Å². The second-order valence-electron chi connectivity index (χ2n) is 16.7. The highest BCUT2D eigenvalue weighted by Crippen LogP contribution is 2.54. The lowest BCUT2D eigenvalue weighted by Crippen LogP contribution is -2.16. The molecule has 0 aromatic heterocycles. The molecule has 2 heteroatoms. The van der Waals surface area contributed by atoms with Crippen LogP contribution in [0.5, 0.6) is 11.5 Å². The van der Waals surface area contributed by atoms with Crippen molar-refractivity contribution in [1.82, 2.24) is 0 Å². The smallest absolute Gasteiger partial charge is 0.152 e. The molecule has 0 unspecified atom stereocenters. The lowest BCUT2D eigenvalue weighted by atomic mass is 9.81. The van der Waals surface area contributed by atoms with Crippen molar-refractivity contribution >= 4 is 17.1 Å². The summed E-state index contributed by atoms with van der Waals surface area (Å²) in [6.07, 6.45) is 5.19. The predicted octanol–water partition coefficient (Wildman–Crippen LogP) is 15.2. The minimum Gasteiger partial charge on any atom is -0.453 e. The molecular weight excluding hydrogens is 667 g/mol. The minimum atomic E-state index is -0.0135. The van der Waals surface area contributed by atoms with E-state index in [9.17, 15) is 0 Å². The van der Waals surface area contributed by atoms with E-state index in [1.165, 1.54) is 98.1 Å². The van der Waals surface area contributed by atoms with Gasteiger partial charge in [0.1, 0.15) is 0 Å². The van der Waals surface area contributed by atoms with Crippen LogP contribution in [-0.4, -0.2) is 0 Å². The Morgan fingerprint density at radius 1 is 0.509 bits per heavy atom. The third-order valence-corrected chi connectivity index (χ3v) is 12.7. The van der Waals surface area contributed by atoms with Gasteiger partial charge in [-0.3, -0.25) is 0 Å². The summed E-state index contributed by atoms with van der Waals surface area (Å²) in [6.45, 7) is 11.4. The number of aryl methyl sites for hydroxylation is 3. The van der Waals surface area contributed by atoms with Crippen LogP contribution in [0.3, 0.4) is 0 Å². The topological polar surface area (TPSA) is 12.5 Å². The first-order valence-corrected chi connectivity index (χ1v) is 20.0. The Morgan fingerprint density at radius 3 is 1.91 bits per heavy atom. The molecule has 0 N–H and O–H groups in total. The Hall–Kier alpha value is -5.86. The molecule has 2 nitrogen and oxygen atoms in total. The molecule has 0 saturated heterocycles. The highest BCUT2D eigenvalue weighted by molar-refractivity contribution is 5.91. The number of nitrogens with zero attached hydrogens (tertiary/aromatic N) is 1. The fourth-order valence-electron chi connectivity index (χ4n) is 9.69. The number of benzene rings is 7. The summed E-state index contributed by atoms with van der Waals surface area (Å²) in [5.41, 5.74) is 21.4. The van der Waals surface area contributed by atoms with Gasteiger partial charge in [-0.05, 0) is 160 Å². The zero-order valence-corrected chi connectivity index (χ0v) is 32.5. The molecule has 0 radical (unpaired) electrons. The van der Waals surface area contributed by atoms with E-state index >= 15 is 0 Å². The Kier molecular flexibility index (Phi) is 7.89. The van der Waals surface area contributed by atoms with Crippen LogP contribution in [0.1, 0.15) is 78.8 Å². The number of hydrogen-bond donors (Lipinski definition) is 0. The van der Waals surface area contributed by atoms with Gasteiger partial charge in [-0.2, -0.15) is 0 Å². The quantitative estimate of drug-likeness (QED) is 0.176. The van der Waals surface area contributed by atoms with E-state index < -0.39 is 0 Å². The summed E-state index contributed by atoms with van der Waals surface area (Å²) in [7, 11) is 0. The number of anilines is 3. The average Bonchev–Trinajstić information content (AvgIpc) is 3.82. The van der Waals surface area contributed by atoms with Crippen LogP contribution in [0.15, 0.2) is 140 Å². The number of ether oxygens (including phenoxy) is 1. The van der Waals surface area contributed by atoms with Crippen molar-refractivity contribution in [3.63, 3.8) is 0 Å². The Balaban J connectivity index is 1.08. The summed E-state index contributed by atoms with van der Waals surface area (Å²) in [6, 6.07) is 52.1. The fourth-order valence-corrected chi connectivity index (χ4v) is 9.69. The van der Waals surface area contributed by atoms with Gasteiger partial charge in [0.2, 0.25) is 0 Å². The molecule has 7 aromatic rings. The van der Waals surface area contributed by atoms with Crippen molar-refractivity contribution < 1.29 is 4.74 Å². The van der Waals surface area contributed by atoms with Crippen LogP contribution >= 0.6 is 0 Å². The average molecular weight is 714 g/mol. The van der Waals surface area contributed by atoms with Crippen molar-refractivity contribution in [2.45, 2.75) is 71.6 Å². The maximum Gasteiger partial charge on any atom is 0.152 e. The first-order valence-electron chi connectivity index (χ1n) is 20.0. The maximum absolute atomic E-state index is 6.93. The van der Waals surface area contributed by atoms with Crippen molar-refractivity contribution in [3.05, 3.63) is 173 Å². The highest BCUT2D eigenvalue weighted by atomic mass is 16.5. The second-order valence-corrected chi connectivity index (χ2v) is 16.7. The van der Waals surface area contributed by atoms with Gasteiger partial charge < -0.3 is 9.64 Å². The van der Waals surface area contributed by atoms with E-state index in [4.69, 9.17) is 4.74 Å². The Labute approximate surface area is 326 Å². The number of fused-ring (bicyclic) bond motifs is 5. The molecule has 0 amide bonds. The van der Waals surface area contributed by atoms with Gasteiger partial charge in [0, 0.05) is 11.1 Å². The molecule has 1 fully saturated rings. The van der Waals surface area contributed by atoms with Gasteiger partial charge in [-0.1, -0.05) is 123 Å². The normalized spacial score (nSPS) is 15.3. The fraction of sp³-hybridized carbons (Fsp3) is 0.208. The van der Waals surface area contributed by atoms with E-state index in [0.29, 0.717) is 5.92 Å². The van der Waals surface area contributed by atoms with Crippen LogP contribution in [0.2, 0.25) is 0 Å². The molecular formula is C53H47NO. The summed E-state index contributed by atoms with van der Waals surface area (Å²) in [5.74, 6) is 2.38. The molecule has 3 aliphatic rings. The van der Waals surface area contributed by atoms with Crippen LogP contribution in [0.25, 0.3) is 44.5 Å². The maximum atomic E-state index is 6.93. The SMILES string of the molecule is Cc1cccc(-c2ccc3c(c2)Oc2cc(-c4ccc(C)c(-c5cc6c(cc5C)C(C)(C)c5ccccc5-6)c4)ccc2N3c2cccc(C3CCCC3)c2)c1. The number of rotatable bonds is 5. The number of hydrogen-bond acceptors (Lipinski definition) is 2. The third kappa shape index (κ3) is 5.61. The molecule has 0 atom stereocenters. The monoisotopic (exact) mass is 713 g/mol. The molecule has 10 rings (SSSR count). The molecule has 1 saturated carbocycles. The zero-order valence-electron chi connectivity index (χ0n) is 32.5. The summed E-state index contributed by atoms with van der Waals surface area (Å²) < 4.78 is 6.93. The molecule has 270 valence electrons. The third-order valence-electron chi connectivity index (χ3n) is 12.7. The lowest BCUT2D eigenvalue weighted by Gasteiger charge is -2.34. The van der Waals surface area contributed by atoms with E-state index in [1.54, 1.807) is 0 Å². The van der Waals surface area contributed by atoms with Gasteiger partial charge in [0.05, 0.1) is 11.4 Å². The summed E-state index contributed by atoms with van der Waals surface area (Å²) >= 11 is 0. The van der Waals surface area contributed by atoms with Crippen LogP contribution in [-0.2, 0) is 5.41 Å². The van der Waals surface area contributed by atoms with Gasteiger partial charge in [-0.25, -0.2) is 0 Å².